The summed E-state index contributed by atoms with van der Waals surface area (Å²) in [6.07, 6.45) is 1.11. The number of nitrogens with two attached hydrogens (primary N) is 1. The number of ketones is 1. The van der Waals surface area contributed by atoms with Gasteiger partial charge in [0.1, 0.15) is 5.69 Å². The van der Waals surface area contributed by atoms with Crippen LogP contribution in [0.15, 0.2) is 17.3 Å². The number of alkyl halides is 2. The molecule has 2 aliphatic rings. The summed E-state index contributed by atoms with van der Waals surface area (Å²) >= 11 is 0. The molecule has 3 rings (SSSR count). The molecule has 0 aromatic carbocycles. The summed E-state index contributed by atoms with van der Waals surface area (Å²) in [7, 11) is 0. The Labute approximate surface area is 134 Å². The van der Waals surface area contributed by atoms with Gasteiger partial charge in [0.2, 0.25) is 0 Å². The molecule has 0 aliphatic carbocycles. The highest BCUT2D eigenvalue weighted by molar-refractivity contribution is 5.96. The lowest BCUT2D eigenvalue weighted by Gasteiger charge is -2.30. The minimum absolute atomic E-state index is 0.0782. The molecule has 126 valence electrons. The molecule has 1 aromatic rings. The number of nitrogens with zero attached hydrogens (tertiary/aromatic N) is 3. The first-order valence-electron chi connectivity index (χ1n) is 7.81. The third-order valence-corrected chi connectivity index (χ3v) is 3.85. The molecule has 1 aromatic heterocycles. The quantitative estimate of drug-likeness (QED) is 0.847. The van der Waals surface area contributed by atoms with Crippen molar-refractivity contribution in [2.24, 2.45) is 16.6 Å². The van der Waals surface area contributed by atoms with E-state index in [1.54, 1.807) is 19.9 Å². The zero-order valence-electron chi connectivity index (χ0n) is 13.8. The zero-order valence-corrected chi connectivity index (χ0v) is 13.8. The van der Waals surface area contributed by atoms with E-state index < -0.39 is 18.5 Å². The van der Waals surface area contributed by atoms with Gasteiger partial charge in [0.15, 0.2) is 11.7 Å². The molecule has 1 atom stereocenters. The minimum Gasteiger partial charge on any atom is -0.369 e. The predicted octanol–water partition coefficient (Wildman–Crippen LogP) is 3.29. The number of aromatic nitrogens is 1. The highest BCUT2D eigenvalue weighted by atomic mass is 19.3. The van der Waals surface area contributed by atoms with E-state index in [0.717, 1.165) is 0 Å². The van der Waals surface area contributed by atoms with Gasteiger partial charge in [-0.15, -0.1) is 0 Å². The van der Waals surface area contributed by atoms with Gasteiger partial charge < -0.3 is 10.6 Å². The van der Waals surface area contributed by atoms with Crippen LogP contribution in [0.3, 0.4) is 0 Å². The molecule has 3 heterocycles. The second kappa shape index (κ2) is 6.22. The van der Waals surface area contributed by atoms with Gasteiger partial charge in [-0.1, -0.05) is 27.7 Å². The van der Waals surface area contributed by atoms with Crippen molar-refractivity contribution in [3.8, 4) is 0 Å². The topological polar surface area (TPSA) is 71.6 Å². The molecule has 2 N–H and O–H groups in total. The van der Waals surface area contributed by atoms with Crippen LogP contribution in [0.4, 0.5) is 14.5 Å². The Kier molecular flexibility index (Phi) is 4.68. The Balaban J connectivity index is 0.000000924. The number of pyridine rings is 1. The molecule has 0 saturated carbocycles. The van der Waals surface area contributed by atoms with Crippen molar-refractivity contribution in [1.82, 2.24) is 9.88 Å². The van der Waals surface area contributed by atoms with Gasteiger partial charge >= 0.3 is 0 Å². The fourth-order valence-electron chi connectivity index (χ4n) is 2.78. The summed E-state index contributed by atoms with van der Waals surface area (Å²) in [5, 5.41) is 0. The standard InChI is InChI=1S/C14H16F2N4O.C2H6/c1-7(2)12(21)9-3-8-10(5-18-9)19-13(17)20-6-14(15,16)4-11(8)20;1-2/h3,5,7,11H,4,6H2,1-2H3,(H2,17,19);1-2H3. The summed E-state index contributed by atoms with van der Waals surface area (Å²) in [6.45, 7) is 7.10. The van der Waals surface area contributed by atoms with E-state index in [2.05, 4.69) is 9.98 Å². The van der Waals surface area contributed by atoms with Crippen molar-refractivity contribution in [3.05, 3.63) is 23.5 Å². The average molecular weight is 324 g/mol. The molecule has 0 amide bonds. The Bertz CT molecular complexity index is 643. The highest BCUT2D eigenvalue weighted by Crippen LogP contribution is 2.46. The lowest BCUT2D eigenvalue weighted by atomic mass is 9.98. The summed E-state index contributed by atoms with van der Waals surface area (Å²) < 4.78 is 27.3. The lowest BCUT2D eigenvalue weighted by molar-refractivity contribution is 0.0165. The zero-order chi connectivity index (χ0) is 17.4. The summed E-state index contributed by atoms with van der Waals surface area (Å²) in [4.78, 5) is 21.6. The van der Waals surface area contributed by atoms with E-state index in [4.69, 9.17) is 5.73 Å². The number of guanidine groups is 1. The average Bonchev–Trinajstić information content (AvgIpc) is 2.85. The molecule has 1 fully saturated rings. The number of halogens is 2. The smallest absolute Gasteiger partial charge is 0.267 e. The van der Waals surface area contributed by atoms with Gasteiger partial charge in [-0.2, -0.15) is 0 Å². The molecule has 1 saturated heterocycles. The number of hydrogen-bond donors (Lipinski definition) is 1. The Morgan fingerprint density at radius 3 is 2.70 bits per heavy atom. The molecule has 2 aliphatic heterocycles. The number of hydrogen-bond acceptors (Lipinski definition) is 5. The summed E-state index contributed by atoms with van der Waals surface area (Å²) in [5.74, 6) is -3.04. The minimum atomic E-state index is -2.81. The van der Waals surface area contributed by atoms with E-state index >= 15 is 0 Å². The monoisotopic (exact) mass is 324 g/mol. The maximum absolute atomic E-state index is 13.7. The first-order valence-corrected chi connectivity index (χ1v) is 7.81. The van der Waals surface area contributed by atoms with E-state index in [0.29, 0.717) is 11.3 Å². The molecule has 23 heavy (non-hydrogen) atoms. The predicted molar refractivity (Wildman–Crippen MR) is 85.0 cm³/mol. The maximum Gasteiger partial charge on any atom is 0.267 e. The number of Topliss-reactive ketones (excluding diaryl/α,β-unsaturated/α-hetero) is 1. The van der Waals surface area contributed by atoms with Gasteiger partial charge in [-0.3, -0.25) is 9.78 Å². The Hall–Kier alpha value is -2.05. The Morgan fingerprint density at radius 1 is 1.43 bits per heavy atom. The number of carbonyl (C=O) groups excluding carboxylic acids is 1. The second-order valence-corrected chi connectivity index (χ2v) is 5.82. The normalized spacial score (nSPS) is 21.1. The summed E-state index contributed by atoms with van der Waals surface area (Å²) in [5.41, 5.74) is 7.10. The third kappa shape index (κ3) is 3.18. The van der Waals surface area contributed by atoms with Crippen LogP contribution in [0.25, 0.3) is 0 Å². The van der Waals surface area contributed by atoms with Crippen molar-refractivity contribution in [2.45, 2.75) is 46.1 Å². The third-order valence-electron chi connectivity index (χ3n) is 3.85. The first-order chi connectivity index (χ1) is 10.8. The van der Waals surface area contributed by atoms with Crippen LogP contribution in [0.5, 0.6) is 0 Å². The molecule has 5 nitrogen and oxygen atoms in total. The van der Waals surface area contributed by atoms with E-state index in [-0.39, 0.29) is 29.8 Å². The maximum atomic E-state index is 13.7. The van der Waals surface area contributed by atoms with Crippen LogP contribution in [-0.2, 0) is 0 Å². The van der Waals surface area contributed by atoms with E-state index in [1.165, 1.54) is 11.1 Å². The van der Waals surface area contributed by atoms with Gasteiger partial charge in [0, 0.05) is 17.9 Å². The molecule has 0 spiro atoms. The Morgan fingerprint density at radius 2 is 2.09 bits per heavy atom. The van der Waals surface area contributed by atoms with Gasteiger partial charge in [-0.25, -0.2) is 13.8 Å². The van der Waals surface area contributed by atoms with Crippen LogP contribution >= 0.6 is 0 Å². The number of aliphatic imine (C=N–C) groups is 1. The van der Waals surface area contributed by atoms with Crippen LogP contribution in [0.1, 0.15) is 56.2 Å². The number of carbonyl (C=O) groups is 1. The van der Waals surface area contributed by atoms with Crippen LogP contribution in [0.2, 0.25) is 0 Å². The number of fused-ring (bicyclic) bond motifs is 3. The van der Waals surface area contributed by atoms with Gasteiger partial charge in [-0.05, 0) is 6.07 Å². The van der Waals surface area contributed by atoms with Gasteiger partial charge in [0.05, 0.1) is 24.5 Å². The van der Waals surface area contributed by atoms with E-state index in [9.17, 15) is 13.6 Å². The molecular formula is C16H22F2N4O. The van der Waals surface area contributed by atoms with E-state index in [1.807, 2.05) is 13.8 Å². The van der Waals surface area contributed by atoms with Gasteiger partial charge in [0.25, 0.3) is 5.92 Å². The fraction of sp³-hybridized carbons (Fsp3) is 0.562. The van der Waals surface area contributed by atoms with Crippen molar-refractivity contribution >= 4 is 17.4 Å². The SMILES string of the molecule is CC.CC(C)C(=O)c1cc2c(cn1)N=C(N)N1CC(F)(F)CC21. The first kappa shape index (κ1) is 17.3. The molecule has 7 heteroatoms. The van der Waals surface area contributed by atoms with Crippen LogP contribution < -0.4 is 5.73 Å². The van der Waals surface area contributed by atoms with Crippen molar-refractivity contribution in [2.75, 3.05) is 6.54 Å². The van der Waals surface area contributed by atoms with Crippen molar-refractivity contribution in [1.29, 1.82) is 0 Å². The molecule has 0 bridgehead atoms. The fourth-order valence-corrected chi connectivity index (χ4v) is 2.78. The second-order valence-electron chi connectivity index (χ2n) is 5.82. The number of rotatable bonds is 2. The van der Waals surface area contributed by atoms with Crippen LogP contribution in [0, 0.1) is 5.92 Å². The molecular weight excluding hydrogens is 302 g/mol. The lowest BCUT2D eigenvalue weighted by Crippen LogP contribution is -2.40. The van der Waals surface area contributed by atoms with Crippen molar-refractivity contribution in [3.63, 3.8) is 0 Å². The summed E-state index contributed by atoms with van der Waals surface area (Å²) in [6, 6.07) is 1.03. The molecule has 1 unspecified atom stereocenters. The largest absolute Gasteiger partial charge is 0.369 e. The highest BCUT2D eigenvalue weighted by Gasteiger charge is 2.48. The van der Waals surface area contributed by atoms with Crippen molar-refractivity contribution < 1.29 is 13.6 Å². The van der Waals surface area contributed by atoms with Crippen LogP contribution in [-0.4, -0.2) is 34.1 Å². The molecule has 0 radical (unpaired) electrons.